The highest BCUT2D eigenvalue weighted by Crippen LogP contribution is 2.33. The average Bonchev–Trinajstić information content (AvgIpc) is 3.89. The molecular formula is C44H47F3N10O4. The molecule has 7 aromatic rings. The van der Waals surface area contributed by atoms with Crippen molar-refractivity contribution in [2.75, 3.05) is 24.9 Å². The first kappa shape index (κ1) is 43.7. The van der Waals surface area contributed by atoms with E-state index in [-0.39, 0.29) is 22.9 Å². The van der Waals surface area contributed by atoms with E-state index in [1.54, 1.807) is 44.2 Å². The molecule has 0 saturated heterocycles. The Bertz CT molecular complexity index is 2620. The number of hydrogen-bond acceptors (Lipinski definition) is 12. The Kier molecular flexibility index (Phi) is 13.0. The lowest BCUT2D eigenvalue weighted by Gasteiger charge is -2.24. The number of halogens is 3. The Morgan fingerprint density at radius 1 is 0.656 bits per heavy atom. The number of anilines is 4. The molecule has 0 bridgehead atoms. The minimum absolute atomic E-state index is 0.00393. The lowest BCUT2D eigenvalue weighted by molar-refractivity contribution is 0.0240. The summed E-state index contributed by atoms with van der Waals surface area (Å²) in [4.78, 5) is 25.9. The van der Waals surface area contributed by atoms with E-state index in [0.717, 1.165) is 40.6 Å². The average molecular weight is 837 g/mol. The topological polar surface area (TPSA) is 170 Å². The van der Waals surface area contributed by atoms with Crippen LogP contribution in [0.3, 0.4) is 0 Å². The van der Waals surface area contributed by atoms with Gasteiger partial charge in [0.2, 0.25) is 11.9 Å². The van der Waals surface area contributed by atoms with Crippen LogP contribution in [0, 0.1) is 31.3 Å². The molecule has 4 aromatic heterocycles. The van der Waals surface area contributed by atoms with Gasteiger partial charge in [-0.05, 0) is 89.1 Å². The highest BCUT2D eigenvalue weighted by molar-refractivity contribution is 5.66. The van der Waals surface area contributed by atoms with E-state index in [9.17, 15) is 23.4 Å². The third-order valence-corrected chi connectivity index (χ3v) is 9.79. The van der Waals surface area contributed by atoms with E-state index in [1.807, 2.05) is 73.5 Å². The molecule has 0 amide bonds. The number of ether oxygens (including phenoxy) is 2. The van der Waals surface area contributed by atoms with Crippen LogP contribution in [-0.2, 0) is 11.2 Å². The quantitative estimate of drug-likeness (QED) is 0.0816. The molecule has 0 aliphatic heterocycles. The third kappa shape index (κ3) is 10.1. The van der Waals surface area contributed by atoms with E-state index in [4.69, 9.17) is 9.47 Å². The molecule has 0 saturated carbocycles. The maximum Gasteiger partial charge on any atom is 0.228 e. The summed E-state index contributed by atoms with van der Waals surface area (Å²) in [5.41, 5.74) is 3.37. The van der Waals surface area contributed by atoms with Crippen molar-refractivity contribution in [3.8, 4) is 34.1 Å². The van der Waals surface area contributed by atoms with Crippen LogP contribution in [-0.4, -0.2) is 63.5 Å². The number of benzene rings is 3. The largest absolute Gasteiger partial charge is 0.494 e. The molecule has 0 radical (unpaired) electrons. The van der Waals surface area contributed by atoms with E-state index >= 15 is 0 Å². The molecule has 4 heterocycles. The lowest BCUT2D eigenvalue weighted by Crippen LogP contribution is -2.25. The number of aromatic nitrogens is 8. The van der Waals surface area contributed by atoms with Gasteiger partial charge in [0.25, 0.3) is 0 Å². The smallest absolute Gasteiger partial charge is 0.228 e. The van der Waals surface area contributed by atoms with Gasteiger partial charge in [-0.15, -0.1) is 0 Å². The van der Waals surface area contributed by atoms with Crippen molar-refractivity contribution in [2.45, 2.75) is 65.6 Å². The second-order valence-corrected chi connectivity index (χ2v) is 14.6. The number of nitrogens with zero attached hydrogens (tertiary/aromatic N) is 8. The Morgan fingerprint density at radius 2 is 1.16 bits per heavy atom. The van der Waals surface area contributed by atoms with Crippen molar-refractivity contribution in [3.63, 3.8) is 0 Å². The molecule has 7 rings (SSSR count). The first-order valence-corrected chi connectivity index (χ1v) is 19.3. The molecule has 3 aromatic carbocycles. The molecule has 318 valence electrons. The molecule has 0 fully saturated rings. The second kappa shape index (κ2) is 18.2. The zero-order valence-electron chi connectivity index (χ0n) is 35.0. The van der Waals surface area contributed by atoms with Gasteiger partial charge in [0.15, 0.2) is 17.5 Å². The predicted octanol–water partition coefficient (Wildman–Crippen LogP) is 8.77. The minimum atomic E-state index is -1.57. The molecule has 0 atom stereocenters. The molecule has 0 aliphatic rings. The fourth-order valence-corrected chi connectivity index (χ4v) is 6.26. The van der Waals surface area contributed by atoms with Crippen molar-refractivity contribution in [1.29, 1.82) is 0 Å². The summed E-state index contributed by atoms with van der Waals surface area (Å²) in [6.07, 6.45) is 10.1. The molecule has 0 spiro atoms. The van der Waals surface area contributed by atoms with Crippen molar-refractivity contribution < 1.29 is 32.9 Å². The van der Waals surface area contributed by atoms with Gasteiger partial charge in [0.05, 0.1) is 66.7 Å². The molecular weight excluding hydrogens is 790 g/mol. The van der Waals surface area contributed by atoms with Gasteiger partial charge in [0, 0.05) is 47.7 Å². The minimum Gasteiger partial charge on any atom is -0.494 e. The van der Waals surface area contributed by atoms with Gasteiger partial charge in [-0.1, -0.05) is 13.8 Å². The highest BCUT2D eigenvalue weighted by atomic mass is 19.2. The third-order valence-electron chi connectivity index (χ3n) is 9.79. The Labute approximate surface area is 351 Å². The lowest BCUT2D eigenvalue weighted by atomic mass is 9.93. The summed E-state index contributed by atoms with van der Waals surface area (Å²) >= 11 is 0. The van der Waals surface area contributed by atoms with Gasteiger partial charge in [-0.25, -0.2) is 43.1 Å². The van der Waals surface area contributed by atoms with Crippen LogP contribution in [0.4, 0.5) is 36.4 Å². The first-order chi connectivity index (χ1) is 29.0. The number of methoxy groups -OCH3 is 2. The summed E-state index contributed by atoms with van der Waals surface area (Å²) in [7, 11) is 3.17. The number of aryl methyl sites for hydroxylation is 2. The summed E-state index contributed by atoms with van der Waals surface area (Å²) in [5.74, 6) is -2.52. The maximum atomic E-state index is 13.8. The standard InChI is InChI=1S/C24H22F3N5O2.C20H25N5O2/c1-13-11-32(12-28-13)19-6-5-15(9-20(19)34-4)29-23-30-18(10-21(31-23)24(2,3)33)14-7-16(25)22(27)17(26)8-14;1-5-20(26,6-2)18-9-10-21-19(24-18)23-15-7-8-16(17(11-15)27-4)25-12-14(3)22-13-25/h5-12,33H,1-4H3,(H,29,30,31);7-13,26H,5-6H2,1-4H3,(H,21,23,24). The van der Waals surface area contributed by atoms with Gasteiger partial charge in [-0.3, -0.25) is 0 Å². The summed E-state index contributed by atoms with van der Waals surface area (Å²) < 4.78 is 55.9. The van der Waals surface area contributed by atoms with Gasteiger partial charge >= 0.3 is 0 Å². The number of aliphatic hydroxyl groups is 2. The van der Waals surface area contributed by atoms with Crippen LogP contribution in [0.2, 0.25) is 0 Å². The highest BCUT2D eigenvalue weighted by Gasteiger charge is 2.27. The van der Waals surface area contributed by atoms with Crippen LogP contribution >= 0.6 is 0 Å². The van der Waals surface area contributed by atoms with E-state index in [2.05, 4.69) is 40.5 Å². The Balaban J connectivity index is 0.000000210. The Morgan fingerprint density at radius 3 is 1.62 bits per heavy atom. The molecule has 0 unspecified atom stereocenters. The molecule has 14 nitrogen and oxygen atoms in total. The van der Waals surface area contributed by atoms with E-state index in [1.165, 1.54) is 27.0 Å². The van der Waals surface area contributed by atoms with Crippen molar-refractivity contribution in [2.24, 2.45) is 0 Å². The zero-order valence-corrected chi connectivity index (χ0v) is 35.0. The van der Waals surface area contributed by atoms with Crippen molar-refractivity contribution in [3.05, 3.63) is 132 Å². The summed E-state index contributed by atoms with van der Waals surface area (Å²) in [6.45, 7) is 10.7. The van der Waals surface area contributed by atoms with Gasteiger partial charge in [-0.2, -0.15) is 0 Å². The fourth-order valence-electron chi connectivity index (χ4n) is 6.26. The van der Waals surface area contributed by atoms with Gasteiger partial charge < -0.3 is 39.5 Å². The van der Waals surface area contributed by atoms with Crippen molar-refractivity contribution >= 4 is 23.3 Å². The molecule has 17 heteroatoms. The maximum absolute atomic E-state index is 13.8. The zero-order chi connectivity index (χ0) is 44.1. The molecule has 0 aliphatic carbocycles. The van der Waals surface area contributed by atoms with Crippen LogP contribution in [0.15, 0.2) is 91.9 Å². The normalized spacial score (nSPS) is 11.5. The number of imidazole rings is 2. The fraction of sp³-hybridized carbons (Fsp3) is 0.273. The SMILES string of the molecule is CCC(O)(CC)c1ccnc(Nc2ccc(-n3cnc(C)c3)c(OC)c2)n1.COc1cc(Nc2nc(-c3cc(F)c(F)c(F)c3)cc(C(C)(C)O)n2)ccc1-n1cnc(C)c1. The van der Waals surface area contributed by atoms with E-state index in [0.29, 0.717) is 41.7 Å². The first-order valence-electron chi connectivity index (χ1n) is 19.3. The Hall–Kier alpha value is -6.85. The van der Waals surface area contributed by atoms with Crippen LogP contribution < -0.4 is 20.1 Å². The van der Waals surface area contributed by atoms with Crippen LogP contribution in [0.25, 0.3) is 22.6 Å². The van der Waals surface area contributed by atoms with Crippen LogP contribution in [0.1, 0.15) is 63.3 Å². The summed E-state index contributed by atoms with van der Waals surface area (Å²) in [6, 6.07) is 15.9. The monoisotopic (exact) mass is 836 g/mol. The molecule has 61 heavy (non-hydrogen) atoms. The van der Waals surface area contributed by atoms with Crippen LogP contribution in [0.5, 0.6) is 11.5 Å². The van der Waals surface area contributed by atoms with Crippen molar-refractivity contribution in [1.82, 2.24) is 39.0 Å². The summed E-state index contributed by atoms with van der Waals surface area (Å²) in [5, 5.41) is 27.4. The number of rotatable bonds is 13. The van der Waals surface area contributed by atoms with Gasteiger partial charge in [0.1, 0.15) is 22.7 Å². The predicted molar refractivity (Wildman–Crippen MR) is 225 cm³/mol. The number of hydrogen-bond donors (Lipinski definition) is 4. The number of nitrogens with one attached hydrogen (secondary N) is 2. The second-order valence-electron chi connectivity index (χ2n) is 14.6. The molecule has 4 N–H and O–H groups in total. The van der Waals surface area contributed by atoms with E-state index < -0.39 is 28.7 Å².